The Morgan fingerprint density at radius 3 is 2.60 bits per heavy atom. The Kier molecular flexibility index (Phi) is 4.69. The number of carbonyl (C=O) groups excluding carboxylic acids is 1. The molecular formula is C17H26N2O. The van der Waals surface area contributed by atoms with Crippen LogP contribution >= 0.6 is 0 Å². The molecule has 0 bridgehead atoms. The van der Waals surface area contributed by atoms with Crippen LogP contribution in [-0.4, -0.2) is 23.9 Å². The average Bonchev–Trinajstić information content (AvgIpc) is 2.54. The number of aryl methyl sites for hydroxylation is 1. The summed E-state index contributed by atoms with van der Waals surface area (Å²) in [5, 5.41) is 0. The van der Waals surface area contributed by atoms with Gasteiger partial charge >= 0.3 is 0 Å². The van der Waals surface area contributed by atoms with Gasteiger partial charge < -0.3 is 10.6 Å². The van der Waals surface area contributed by atoms with Crippen molar-refractivity contribution in [3.8, 4) is 0 Å². The second-order valence-electron chi connectivity index (χ2n) is 6.64. The van der Waals surface area contributed by atoms with Gasteiger partial charge in [0.2, 0.25) is 5.91 Å². The third kappa shape index (κ3) is 4.26. The zero-order valence-corrected chi connectivity index (χ0v) is 12.7. The second kappa shape index (κ2) is 6.29. The quantitative estimate of drug-likeness (QED) is 0.857. The Morgan fingerprint density at radius 2 is 1.90 bits per heavy atom. The Labute approximate surface area is 122 Å². The maximum absolute atomic E-state index is 12.1. The second-order valence-corrected chi connectivity index (χ2v) is 6.64. The Balaban J connectivity index is 1.81. The highest BCUT2D eigenvalue weighted by Crippen LogP contribution is 2.30. The van der Waals surface area contributed by atoms with Crippen molar-refractivity contribution in [2.75, 3.05) is 18.8 Å². The third-order valence-corrected chi connectivity index (χ3v) is 4.30. The number of rotatable bonds is 4. The summed E-state index contributed by atoms with van der Waals surface area (Å²) in [4.78, 5) is 14.1. The first-order valence-electron chi connectivity index (χ1n) is 7.58. The average molecular weight is 274 g/mol. The molecule has 1 heterocycles. The summed E-state index contributed by atoms with van der Waals surface area (Å²) < 4.78 is 0. The van der Waals surface area contributed by atoms with Gasteiger partial charge in [-0.1, -0.05) is 26.0 Å². The molecule has 1 aromatic rings. The Morgan fingerprint density at radius 1 is 1.20 bits per heavy atom. The number of anilines is 1. The number of amides is 1. The number of nitrogens with two attached hydrogens (primary N) is 1. The molecule has 0 unspecified atom stereocenters. The van der Waals surface area contributed by atoms with E-state index in [1.165, 1.54) is 5.56 Å². The zero-order valence-electron chi connectivity index (χ0n) is 12.7. The fourth-order valence-electron chi connectivity index (χ4n) is 2.69. The van der Waals surface area contributed by atoms with Crippen molar-refractivity contribution < 1.29 is 4.79 Å². The molecule has 3 nitrogen and oxygen atoms in total. The molecule has 1 saturated heterocycles. The Bertz CT molecular complexity index is 451. The highest BCUT2D eigenvalue weighted by molar-refractivity contribution is 5.76. The summed E-state index contributed by atoms with van der Waals surface area (Å²) in [5.74, 6) is 0.327. The van der Waals surface area contributed by atoms with Gasteiger partial charge in [0.15, 0.2) is 0 Å². The van der Waals surface area contributed by atoms with E-state index in [1.54, 1.807) is 0 Å². The molecule has 0 spiro atoms. The fourth-order valence-corrected chi connectivity index (χ4v) is 2.69. The van der Waals surface area contributed by atoms with Crippen LogP contribution in [0.15, 0.2) is 24.3 Å². The molecule has 2 rings (SSSR count). The predicted molar refractivity (Wildman–Crippen MR) is 83.4 cm³/mol. The molecule has 0 aromatic heterocycles. The van der Waals surface area contributed by atoms with Crippen molar-refractivity contribution in [3.63, 3.8) is 0 Å². The fraction of sp³-hybridized carbons (Fsp3) is 0.588. The van der Waals surface area contributed by atoms with Crippen LogP contribution in [0.2, 0.25) is 0 Å². The van der Waals surface area contributed by atoms with Crippen LogP contribution in [0.4, 0.5) is 5.69 Å². The number of hydrogen-bond acceptors (Lipinski definition) is 2. The van der Waals surface area contributed by atoms with E-state index in [-0.39, 0.29) is 0 Å². The van der Waals surface area contributed by atoms with Crippen LogP contribution in [0.3, 0.4) is 0 Å². The smallest absolute Gasteiger partial charge is 0.222 e. The van der Waals surface area contributed by atoms with Gasteiger partial charge in [0, 0.05) is 25.2 Å². The van der Waals surface area contributed by atoms with Crippen molar-refractivity contribution in [2.45, 2.75) is 46.0 Å². The van der Waals surface area contributed by atoms with Gasteiger partial charge in [0.25, 0.3) is 0 Å². The maximum Gasteiger partial charge on any atom is 0.222 e. The number of nitrogens with zero attached hydrogens (tertiary/aromatic N) is 1. The number of likely N-dealkylation sites (tertiary alicyclic amines) is 1. The number of benzene rings is 1. The van der Waals surface area contributed by atoms with Crippen LogP contribution in [0.1, 0.15) is 45.1 Å². The van der Waals surface area contributed by atoms with Crippen molar-refractivity contribution in [1.29, 1.82) is 0 Å². The first kappa shape index (κ1) is 14.9. The van der Waals surface area contributed by atoms with E-state index in [9.17, 15) is 4.79 Å². The highest BCUT2D eigenvalue weighted by atomic mass is 16.2. The van der Waals surface area contributed by atoms with Crippen LogP contribution in [0.25, 0.3) is 0 Å². The minimum Gasteiger partial charge on any atom is -0.399 e. The largest absolute Gasteiger partial charge is 0.399 e. The van der Waals surface area contributed by atoms with E-state index in [0.717, 1.165) is 44.5 Å². The first-order chi connectivity index (χ1) is 9.46. The summed E-state index contributed by atoms with van der Waals surface area (Å²) in [6, 6.07) is 8.02. The van der Waals surface area contributed by atoms with Gasteiger partial charge in [-0.25, -0.2) is 0 Å². The van der Waals surface area contributed by atoms with Crippen LogP contribution in [-0.2, 0) is 11.2 Å². The van der Waals surface area contributed by atoms with E-state index in [2.05, 4.69) is 26.0 Å². The molecule has 110 valence electrons. The van der Waals surface area contributed by atoms with Gasteiger partial charge in [-0.15, -0.1) is 0 Å². The summed E-state index contributed by atoms with van der Waals surface area (Å²) in [6.45, 7) is 6.31. The molecule has 3 heteroatoms. The SMILES string of the molecule is CC1(C)CCC(=O)N(CCCc2ccc(N)cc2)CC1. The lowest BCUT2D eigenvalue weighted by Crippen LogP contribution is -2.31. The van der Waals surface area contributed by atoms with E-state index in [0.29, 0.717) is 17.7 Å². The van der Waals surface area contributed by atoms with Crippen molar-refractivity contribution in [1.82, 2.24) is 4.90 Å². The molecule has 1 aromatic carbocycles. The monoisotopic (exact) mass is 274 g/mol. The third-order valence-electron chi connectivity index (χ3n) is 4.30. The van der Waals surface area contributed by atoms with Gasteiger partial charge in [0.05, 0.1) is 0 Å². The molecule has 1 aliphatic rings. The van der Waals surface area contributed by atoms with Crippen molar-refractivity contribution in [3.05, 3.63) is 29.8 Å². The lowest BCUT2D eigenvalue weighted by atomic mass is 9.85. The Hall–Kier alpha value is -1.51. The number of hydrogen-bond donors (Lipinski definition) is 1. The molecule has 1 amide bonds. The van der Waals surface area contributed by atoms with E-state index in [4.69, 9.17) is 5.73 Å². The molecule has 0 radical (unpaired) electrons. The van der Waals surface area contributed by atoms with Crippen LogP contribution in [0, 0.1) is 5.41 Å². The lowest BCUT2D eigenvalue weighted by molar-refractivity contribution is -0.130. The maximum atomic E-state index is 12.1. The normalized spacial score (nSPS) is 18.9. The predicted octanol–water partition coefficient (Wildman–Crippen LogP) is 3.24. The summed E-state index contributed by atoms with van der Waals surface area (Å²) >= 11 is 0. The van der Waals surface area contributed by atoms with Gasteiger partial charge in [-0.3, -0.25) is 4.79 Å². The van der Waals surface area contributed by atoms with E-state index >= 15 is 0 Å². The van der Waals surface area contributed by atoms with Gasteiger partial charge in [-0.05, 0) is 48.8 Å². The molecule has 2 N–H and O–H groups in total. The standard InChI is InChI=1S/C17H26N2O/c1-17(2)10-9-16(20)19(13-11-17)12-3-4-14-5-7-15(18)8-6-14/h5-8H,3-4,9-13,18H2,1-2H3. The molecular weight excluding hydrogens is 248 g/mol. The van der Waals surface area contributed by atoms with Crippen molar-refractivity contribution >= 4 is 11.6 Å². The van der Waals surface area contributed by atoms with Crippen LogP contribution < -0.4 is 5.73 Å². The lowest BCUT2D eigenvalue weighted by Gasteiger charge is -2.23. The number of nitrogen functional groups attached to an aromatic ring is 1. The van der Waals surface area contributed by atoms with Gasteiger partial charge in [-0.2, -0.15) is 0 Å². The van der Waals surface area contributed by atoms with Crippen LogP contribution in [0.5, 0.6) is 0 Å². The zero-order chi connectivity index (χ0) is 14.6. The minimum atomic E-state index is 0.307. The summed E-state index contributed by atoms with van der Waals surface area (Å²) in [6.07, 6.45) is 4.86. The molecule has 0 aliphatic carbocycles. The van der Waals surface area contributed by atoms with E-state index < -0.39 is 0 Å². The molecule has 0 atom stereocenters. The topological polar surface area (TPSA) is 46.3 Å². The first-order valence-corrected chi connectivity index (χ1v) is 7.58. The van der Waals surface area contributed by atoms with E-state index in [1.807, 2.05) is 17.0 Å². The minimum absolute atomic E-state index is 0.307. The molecule has 20 heavy (non-hydrogen) atoms. The van der Waals surface area contributed by atoms with Gasteiger partial charge in [0.1, 0.15) is 0 Å². The highest BCUT2D eigenvalue weighted by Gasteiger charge is 2.26. The molecule has 1 aliphatic heterocycles. The number of carbonyl (C=O) groups is 1. The van der Waals surface area contributed by atoms with Crippen molar-refractivity contribution in [2.24, 2.45) is 5.41 Å². The summed E-state index contributed by atoms with van der Waals surface area (Å²) in [5.41, 5.74) is 8.08. The summed E-state index contributed by atoms with van der Waals surface area (Å²) in [7, 11) is 0. The molecule has 0 saturated carbocycles. The molecule has 1 fully saturated rings.